The number of benzene rings is 1. The van der Waals surface area contributed by atoms with Crippen molar-refractivity contribution in [2.24, 2.45) is 0 Å². The monoisotopic (exact) mass is 329 g/mol. The predicted molar refractivity (Wildman–Crippen MR) is 91.5 cm³/mol. The van der Waals surface area contributed by atoms with Crippen LogP contribution in [0, 0.1) is 6.92 Å². The van der Waals surface area contributed by atoms with Crippen molar-refractivity contribution in [2.75, 3.05) is 13.1 Å². The molecule has 128 valence electrons. The molecule has 24 heavy (non-hydrogen) atoms. The molecule has 6 nitrogen and oxygen atoms in total. The molecule has 0 aliphatic heterocycles. The van der Waals surface area contributed by atoms with E-state index in [-0.39, 0.29) is 12.5 Å². The van der Waals surface area contributed by atoms with E-state index in [0.717, 1.165) is 16.9 Å². The normalized spacial score (nSPS) is 10.6. The Balaban J connectivity index is 2.43. The lowest BCUT2D eigenvalue weighted by molar-refractivity contribution is -0.137. The molecule has 1 aromatic heterocycles. The van der Waals surface area contributed by atoms with Gasteiger partial charge in [0.1, 0.15) is 6.54 Å². The molecule has 2 aromatic rings. The Morgan fingerprint density at radius 1 is 1.25 bits per heavy atom. The lowest BCUT2D eigenvalue weighted by atomic mass is 10.1. The van der Waals surface area contributed by atoms with Gasteiger partial charge in [0.2, 0.25) is 0 Å². The van der Waals surface area contributed by atoms with Gasteiger partial charge in [0.15, 0.2) is 0 Å². The van der Waals surface area contributed by atoms with Gasteiger partial charge in [-0.15, -0.1) is 0 Å². The third kappa shape index (κ3) is 3.64. The van der Waals surface area contributed by atoms with Gasteiger partial charge in [-0.3, -0.25) is 9.59 Å². The summed E-state index contributed by atoms with van der Waals surface area (Å²) in [5.41, 5.74) is 3.25. The van der Waals surface area contributed by atoms with E-state index in [1.807, 2.05) is 45.0 Å². The average molecular weight is 329 g/mol. The molecule has 1 heterocycles. The summed E-state index contributed by atoms with van der Waals surface area (Å²) in [6.07, 6.45) is 2.87. The van der Waals surface area contributed by atoms with Gasteiger partial charge in [0, 0.05) is 6.54 Å². The summed E-state index contributed by atoms with van der Waals surface area (Å²) in [5.74, 6) is -1.29. The lowest BCUT2D eigenvalue weighted by Gasteiger charge is -2.20. The van der Waals surface area contributed by atoms with Crippen molar-refractivity contribution in [3.05, 3.63) is 47.3 Å². The summed E-state index contributed by atoms with van der Waals surface area (Å²) >= 11 is 0. The molecule has 0 unspecified atom stereocenters. The third-order valence-corrected chi connectivity index (χ3v) is 3.88. The number of para-hydroxylation sites is 1. The van der Waals surface area contributed by atoms with E-state index < -0.39 is 5.97 Å². The zero-order chi connectivity index (χ0) is 17.7. The van der Waals surface area contributed by atoms with Crippen molar-refractivity contribution >= 4 is 11.9 Å². The van der Waals surface area contributed by atoms with E-state index in [2.05, 4.69) is 5.10 Å². The minimum absolute atomic E-state index is 0.282. The van der Waals surface area contributed by atoms with Crippen LogP contribution in [0.25, 0.3) is 5.69 Å². The standard InChI is InChI=1S/C18H23N3O3/c1-4-10-20(12-17(22)23)18(24)14-11-19-21(15(14)5-2)16-9-7-6-8-13(16)3/h6-9,11H,4-5,10,12H2,1-3H3,(H,22,23). The summed E-state index contributed by atoms with van der Waals surface area (Å²) in [5, 5.41) is 13.4. The number of carbonyl (C=O) groups is 2. The highest BCUT2D eigenvalue weighted by molar-refractivity contribution is 5.96. The third-order valence-electron chi connectivity index (χ3n) is 3.88. The quantitative estimate of drug-likeness (QED) is 0.847. The van der Waals surface area contributed by atoms with Gasteiger partial charge in [-0.25, -0.2) is 4.68 Å². The number of carboxylic acids is 1. The summed E-state index contributed by atoms with van der Waals surface area (Å²) < 4.78 is 1.77. The van der Waals surface area contributed by atoms with Crippen LogP contribution in [0.1, 0.15) is 41.9 Å². The minimum Gasteiger partial charge on any atom is -0.480 e. The van der Waals surface area contributed by atoms with Crippen LogP contribution in [0.4, 0.5) is 0 Å². The van der Waals surface area contributed by atoms with E-state index in [4.69, 9.17) is 5.11 Å². The zero-order valence-corrected chi connectivity index (χ0v) is 14.3. The number of aryl methyl sites for hydroxylation is 1. The van der Waals surface area contributed by atoms with Crippen molar-refractivity contribution in [1.82, 2.24) is 14.7 Å². The number of carbonyl (C=O) groups excluding carboxylic acids is 1. The summed E-state index contributed by atoms with van der Waals surface area (Å²) in [6.45, 7) is 5.98. The topological polar surface area (TPSA) is 75.4 Å². The smallest absolute Gasteiger partial charge is 0.323 e. The van der Waals surface area contributed by atoms with E-state index in [1.54, 1.807) is 4.68 Å². The number of carboxylic acid groups (broad SMARTS) is 1. The molecule has 0 aliphatic rings. The second kappa shape index (κ2) is 7.77. The Labute approximate surface area is 141 Å². The summed E-state index contributed by atoms with van der Waals surface area (Å²) in [7, 11) is 0. The number of amides is 1. The van der Waals surface area contributed by atoms with Gasteiger partial charge in [-0.1, -0.05) is 32.0 Å². The van der Waals surface area contributed by atoms with Gasteiger partial charge in [0.05, 0.1) is 23.1 Å². The Morgan fingerprint density at radius 2 is 1.96 bits per heavy atom. The van der Waals surface area contributed by atoms with Crippen molar-refractivity contribution in [1.29, 1.82) is 0 Å². The molecule has 1 aromatic carbocycles. The second-order valence-corrected chi connectivity index (χ2v) is 5.68. The molecule has 0 fully saturated rings. The number of hydrogen-bond acceptors (Lipinski definition) is 3. The van der Waals surface area contributed by atoms with Gasteiger partial charge < -0.3 is 10.0 Å². The maximum absolute atomic E-state index is 12.8. The van der Waals surface area contributed by atoms with Crippen LogP contribution in [0.15, 0.2) is 30.5 Å². The van der Waals surface area contributed by atoms with Crippen LogP contribution < -0.4 is 0 Å². The molecule has 0 atom stereocenters. The fraction of sp³-hybridized carbons (Fsp3) is 0.389. The molecule has 1 amide bonds. The zero-order valence-electron chi connectivity index (χ0n) is 14.3. The van der Waals surface area contributed by atoms with Crippen LogP contribution in [0.5, 0.6) is 0 Å². The first kappa shape index (κ1) is 17.7. The lowest BCUT2D eigenvalue weighted by Crippen LogP contribution is -2.36. The average Bonchev–Trinajstić information content (AvgIpc) is 2.97. The summed E-state index contributed by atoms with van der Waals surface area (Å²) in [4.78, 5) is 25.2. The summed E-state index contributed by atoms with van der Waals surface area (Å²) in [6, 6.07) is 7.83. The SMILES string of the molecule is CCCN(CC(=O)O)C(=O)c1cnn(-c2ccccc2C)c1CC. The fourth-order valence-electron chi connectivity index (χ4n) is 2.76. The Bertz CT molecular complexity index is 737. The molecule has 0 spiro atoms. The predicted octanol–water partition coefficient (Wildman–Crippen LogP) is 2.68. The minimum atomic E-state index is -1.01. The highest BCUT2D eigenvalue weighted by atomic mass is 16.4. The van der Waals surface area contributed by atoms with Crippen LogP contribution in [-0.2, 0) is 11.2 Å². The Morgan fingerprint density at radius 3 is 2.54 bits per heavy atom. The number of hydrogen-bond donors (Lipinski definition) is 1. The molecule has 2 rings (SSSR count). The van der Waals surface area contributed by atoms with E-state index >= 15 is 0 Å². The van der Waals surface area contributed by atoms with Gasteiger partial charge in [-0.2, -0.15) is 5.10 Å². The van der Waals surface area contributed by atoms with Crippen molar-refractivity contribution in [3.63, 3.8) is 0 Å². The van der Waals surface area contributed by atoms with Crippen LogP contribution in [0.3, 0.4) is 0 Å². The number of nitrogens with zero attached hydrogens (tertiary/aromatic N) is 3. The first-order chi connectivity index (χ1) is 11.5. The van der Waals surface area contributed by atoms with E-state index in [1.165, 1.54) is 11.1 Å². The molecular weight excluding hydrogens is 306 g/mol. The molecule has 6 heteroatoms. The highest BCUT2D eigenvalue weighted by Crippen LogP contribution is 2.20. The van der Waals surface area contributed by atoms with Crippen molar-refractivity contribution in [2.45, 2.75) is 33.6 Å². The number of aliphatic carboxylic acids is 1. The van der Waals surface area contributed by atoms with Crippen molar-refractivity contribution < 1.29 is 14.7 Å². The van der Waals surface area contributed by atoms with Crippen LogP contribution in [-0.4, -0.2) is 44.8 Å². The Hall–Kier alpha value is -2.63. The van der Waals surface area contributed by atoms with Crippen LogP contribution in [0.2, 0.25) is 0 Å². The molecule has 0 aliphatic carbocycles. The first-order valence-electron chi connectivity index (χ1n) is 8.13. The van der Waals surface area contributed by atoms with E-state index in [9.17, 15) is 9.59 Å². The highest BCUT2D eigenvalue weighted by Gasteiger charge is 2.23. The van der Waals surface area contributed by atoms with Gasteiger partial charge in [0.25, 0.3) is 5.91 Å². The maximum atomic E-state index is 12.8. The second-order valence-electron chi connectivity index (χ2n) is 5.68. The Kier molecular flexibility index (Phi) is 5.73. The molecule has 0 saturated heterocycles. The first-order valence-corrected chi connectivity index (χ1v) is 8.13. The van der Waals surface area contributed by atoms with Gasteiger partial charge in [-0.05, 0) is 31.4 Å². The number of rotatable bonds is 7. The van der Waals surface area contributed by atoms with E-state index in [0.29, 0.717) is 24.9 Å². The maximum Gasteiger partial charge on any atom is 0.323 e. The molecule has 0 saturated carbocycles. The van der Waals surface area contributed by atoms with Gasteiger partial charge >= 0.3 is 5.97 Å². The molecule has 0 bridgehead atoms. The van der Waals surface area contributed by atoms with Crippen molar-refractivity contribution in [3.8, 4) is 5.69 Å². The largest absolute Gasteiger partial charge is 0.480 e. The fourth-order valence-corrected chi connectivity index (χ4v) is 2.76. The van der Waals surface area contributed by atoms with Crippen LogP contribution >= 0.6 is 0 Å². The molecule has 0 radical (unpaired) electrons. The molecular formula is C18H23N3O3. The molecule has 1 N–H and O–H groups in total. The number of aromatic nitrogens is 2.